The molecule has 0 fully saturated rings. The molecular weight excluding hydrogens is 232 g/mol. The number of aromatic amines is 1. The highest BCUT2D eigenvalue weighted by molar-refractivity contribution is 7.92. The first-order valence-electron chi connectivity index (χ1n) is 4.75. The first-order chi connectivity index (χ1) is 7.47. The van der Waals surface area contributed by atoms with Gasteiger partial charge in [-0.25, -0.2) is 8.42 Å². The molecule has 4 N–H and O–H groups in total. The van der Waals surface area contributed by atoms with Crippen molar-refractivity contribution in [1.29, 1.82) is 0 Å². The van der Waals surface area contributed by atoms with Gasteiger partial charge in [-0.2, -0.15) is 5.10 Å². The third kappa shape index (κ3) is 2.96. The minimum atomic E-state index is -3.71. The van der Waals surface area contributed by atoms with Crippen LogP contribution in [0.4, 0.5) is 5.82 Å². The summed E-state index contributed by atoms with van der Waals surface area (Å²) in [5, 5.41) is 8.28. The van der Waals surface area contributed by atoms with Crippen LogP contribution in [0.1, 0.15) is 13.3 Å². The summed E-state index contributed by atoms with van der Waals surface area (Å²) in [6.45, 7) is 2.33. The molecule has 0 aliphatic carbocycles. The standard InChI is InChI=1S/C8H14N4O3S/c1-2-3-10-7(13)5-16(14,15)6-4-11-12-8(6)9/h4H,2-3,5H2,1H3,(H,10,13)(H3,9,11,12). The summed E-state index contributed by atoms with van der Waals surface area (Å²) in [4.78, 5) is 11.1. The van der Waals surface area contributed by atoms with Gasteiger partial charge in [0.15, 0.2) is 9.84 Å². The molecule has 1 rings (SSSR count). The van der Waals surface area contributed by atoms with Gasteiger partial charge < -0.3 is 11.1 Å². The van der Waals surface area contributed by atoms with Crippen molar-refractivity contribution < 1.29 is 13.2 Å². The van der Waals surface area contributed by atoms with E-state index in [0.29, 0.717) is 6.54 Å². The molecule has 0 radical (unpaired) electrons. The van der Waals surface area contributed by atoms with E-state index >= 15 is 0 Å². The molecule has 0 atom stereocenters. The number of nitrogen functional groups attached to an aromatic ring is 1. The average molecular weight is 246 g/mol. The monoisotopic (exact) mass is 246 g/mol. The van der Waals surface area contributed by atoms with Gasteiger partial charge in [0.25, 0.3) is 0 Å². The van der Waals surface area contributed by atoms with Crippen LogP contribution in [0.2, 0.25) is 0 Å². The summed E-state index contributed by atoms with van der Waals surface area (Å²) >= 11 is 0. The number of aromatic nitrogens is 2. The number of hydrogen-bond donors (Lipinski definition) is 3. The zero-order chi connectivity index (χ0) is 12.2. The van der Waals surface area contributed by atoms with E-state index in [4.69, 9.17) is 5.73 Å². The largest absolute Gasteiger partial charge is 0.383 e. The van der Waals surface area contributed by atoms with E-state index in [-0.39, 0.29) is 10.7 Å². The first-order valence-corrected chi connectivity index (χ1v) is 6.41. The number of nitrogens with two attached hydrogens (primary N) is 1. The van der Waals surface area contributed by atoms with E-state index in [2.05, 4.69) is 15.5 Å². The molecule has 0 spiro atoms. The van der Waals surface area contributed by atoms with Gasteiger partial charge in [-0.05, 0) is 6.42 Å². The van der Waals surface area contributed by atoms with Gasteiger partial charge in [-0.3, -0.25) is 9.89 Å². The molecule has 1 heterocycles. The van der Waals surface area contributed by atoms with Crippen LogP contribution in [0, 0.1) is 0 Å². The third-order valence-corrected chi connectivity index (χ3v) is 3.50. The van der Waals surface area contributed by atoms with E-state index in [1.165, 1.54) is 0 Å². The molecule has 16 heavy (non-hydrogen) atoms. The van der Waals surface area contributed by atoms with Gasteiger partial charge in [-0.15, -0.1) is 0 Å². The van der Waals surface area contributed by atoms with Gasteiger partial charge in [-0.1, -0.05) is 6.92 Å². The minimum Gasteiger partial charge on any atom is -0.383 e. The fraction of sp³-hybridized carbons (Fsp3) is 0.500. The predicted molar refractivity (Wildman–Crippen MR) is 58.4 cm³/mol. The molecule has 0 unspecified atom stereocenters. The molecule has 1 amide bonds. The van der Waals surface area contributed by atoms with Crippen molar-refractivity contribution >= 4 is 21.6 Å². The van der Waals surface area contributed by atoms with Gasteiger partial charge in [0.2, 0.25) is 5.91 Å². The fourth-order valence-corrected chi connectivity index (χ4v) is 2.30. The topological polar surface area (TPSA) is 118 Å². The summed E-state index contributed by atoms with van der Waals surface area (Å²) in [5.74, 6) is -1.21. The van der Waals surface area contributed by atoms with E-state index in [1.807, 2.05) is 6.92 Å². The average Bonchev–Trinajstić information content (AvgIpc) is 2.61. The van der Waals surface area contributed by atoms with Gasteiger partial charge >= 0.3 is 0 Å². The van der Waals surface area contributed by atoms with E-state index in [1.54, 1.807) is 0 Å². The molecular formula is C8H14N4O3S. The van der Waals surface area contributed by atoms with Crippen LogP contribution in [0.5, 0.6) is 0 Å². The second-order valence-corrected chi connectivity index (χ2v) is 5.21. The fourth-order valence-electron chi connectivity index (χ4n) is 1.10. The highest BCUT2D eigenvalue weighted by Crippen LogP contribution is 2.15. The van der Waals surface area contributed by atoms with Gasteiger partial charge in [0, 0.05) is 6.54 Å². The number of rotatable bonds is 5. The number of anilines is 1. The van der Waals surface area contributed by atoms with Crippen molar-refractivity contribution in [2.45, 2.75) is 18.2 Å². The molecule has 1 aromatic rings. The molecule has 0 saturated heterocycles. The SMILES string of the molecule is CCCNC(=O)CS(=O)(=O)c1cn[nH]c1N. The Bertz CT molecular complexity index is 465. The molecule has 0 aliphatic rings. The Kier molecular flexibility index (Phi) is 3.88. The highest BCUT2D eigenvalue weighted by atomic mass is 32.2. The lowest BCUT2D eigenvalue weighted by atomic mass is 10.5. The second-order valence-electron chi connectivity index (χ2n) is 3.26. The maximum absolute atomic E-state index is 11.7. The van der Waals surface area contributed by atoms with Crippen LogP contribution in [0.25, 0.3) is 0 Å². The normalized spacial score (nSPS) is 11.3. The van der Waals surface area contributed by atoms with Crippen LogP contribution in [0.15, 0.2) is 11.1 Å². The summed E-state index contributed by atoms with van der Waals surface area (Å²) in [7, 11) is -3.71. The summed E-state index contributed by atoms with van der Waals surface area (Å²) in [6.07, 6.45) is 1.84. The molecule has 7 nitrogen and oxygen atoms in total. The summed E-state index contributed by atoms with van der Waals surface area (Å²) in [6, 6.07) is 0. The van der Waals surface area contributed by atoms with Crippen LogP contribution >= 0.6 is 0 Å². The maximum Gasteiger partial charge on any atom is 0.235 e. The molecule has 0 aromatic carbocycles. The maximum atomic E-state index is 11.7. The Balaban J connectivity index is 2.74. The number of amides is 1. The van der Waals surface area contributed by atoms with Crippen LogP contribution in [-0.2, 0) is 14.6 Å². The van der Waals surface area contributed by atoms with Crippen molar-refractivity contribution in [1.82, 2.24) is 15.5 Å². The zero-order valence-corrected chi connectivity index (χ0v) is 9.67. The minimum absolute atomic E-state index is 0.0525. The molecule has 0 aliphatic heterocycles. The van der Waals surface area contributed by atoms with Crippen molar-refractivity contribution in [3.8, 4) is 0 Å². The Hall–Kier alpha value is -1.57. The Morgan fingerprint density at radius 3 is 2.81 bits per heavy atom. The first kappa shape index (κ1) is 12.5. The van der Waals surface area contributed by atoms with E-state index in [9.17, 15) is 13.2 Å². The lowest BCUT2D eigenvalue weighted by molar-refractivity contribution is -0.118. The predicted octanol–water partition coefficient (Wildman–Crippen LogP) is -0.708. The summed E-state index contributed by atoms with van der Waals surface area (Å²) in [5.41, 5.74) is 5.37. The van der Waals surface area contributed by atoms with Crippen molar-refractivity contribution in [2.75, 3.05) is 18.0 Å². The lowest BCUT2D eigenvalue weighted by Gasteiger charge is -2.04. The second kappa shape index (κ2) is 4.97. The number of carbonyl (C=O) groups is 1. The quantitative estimate of drug-likeness (QED) is 0.634. The van der Waals surface area contributed by atoms with Crippen LogP contribution in [0.3, 0.4) is 0 Å². The van der Waals surface area contributed by atoms with E-state index < -0.39 is 21.5 Å². The Morgan fingerprint density at radius 2 is 2.31 bits per heavy atom. The molecule has 1 aromatic heterocycles. The molecule has 8 heteroatoms. The smallest absolute Gasteiger partial charge is 0.235 e. The molecule has 0 bridgehead atoms. The van der Waals surface area contributed by atoms with Crippen molar-refractivity contribution in [3.63, 3.8) is 0 Å². The van der Waals surface area contributed by atoms with E-state index in [0.717, 1.165) is 12.6 Å². The Labute approximate surface area is 93.3 Å². The third-order valence-electron chi connectivity index (χ3n) is 1.86. The van der Waals surface area contributed by atoms with Gasteiger partial charge in [0.05, 0.1) is 6.20 Å². The number of sulfone groups is 1. The van der Waals surface area contributed by atoms with Crippen molar-refractivity contribution in [2.24, 2.45) is 0 Å². The van der Waals surface area contributed by atoms with Gasteiger partial charge in [0.1, 0.15) is 16.5 Å². The number of H-pyrrole nitrogens is 1. The molecule has 90 valence electrons. The Morgan fingerprint density at radius 1 is 1.62 bits per heavy atom. The van der Waals surface area contributed by atoms with Crippen molar-refractivity contribution in [3.05, 3.63) is 6.20 Å². The highest BCUT2D eigenvalue weighted by Gasteiger charge is 2.22. The summed E-state index contributed by atoms with van der Waals surface area (Å²) < 4.78 is 23.4. The number of carbonyl (C=O) groups excluding carboxylic acids is 1. The van der Waals surface area contributed by atoms with Crippen LogP contribution in [-0.4, -0.2) is 36.8 Å². The lowest BCUT2D eigenvalue weighted by Crippen LogP contribution is -2.30. The zero-order valence-electron chi connectivity index (χ0n) is 8.86. The number of hydrogen-bond acceptors (Lipinski definition) is 5. The molecule has 0 saturated carbocycles. The number of nitrogens with one attached hydrogen (secondary N) is 2. The van der Waals surface area contributed by atoms with Crippen LogP contribution < -0.4 is 11.1 Å². The number of nitrogens with zero attached hydrogens (tertiary/aromatic N) is 1.